The molecule has 150 valence electrons. The van der Waals surface area contributed by atoms with Crippen molar-refractivity contribution in [3.8, 4) is 23.6 Å². The second-order valence-electron chi connectivity index (χ2n) is 5.55. The van der Waals surface area contributed by atoms with Crippen LogP contribution in [0.25, 0.3) is 0 Å². The highest BCUT2D eigenvalue weighted by molar-refractivity contribution is 5.69. The Morgan fingerprint density at radius 1 is 0.821 bits per heavy atom. The van der Waals surface area contributed by atoms with Crippen LogP contribution in [0.2, 0.25) is 0 Å². The minimum absolute atomic E-state index is 0.0709. The number of carbonyl (C=O) groups is 2. The molecule has 0 fully saturated rings. The maximum Gasteiger partial charge on any atom is 0.305 e. The van der Waals surface area contributed by atoms with Crippen molar-refractivity contribution >= 4 is 11.9 Å². The van der Waals surface area contributed by atoms with Gasteiger partial charge < -0.3 is 18.9 Å². The molecular formula is C20H24N2O6. The van der Waals surface area contributed by atoms with Gasteiger partial charge >= 0.3 is 11.9 Å². The van der Waals surface area contributed by atoms with Crippen LogP contribution in [-0.2, 0) is 19.1 Å². The van der Waals surface area contributed by atoms with Crippen LogP contribution in [0.5, 0.6) is 11.5 Å². The minimum atomic E-state index is -0.309. The fraction of sp³-hybridized carbons (Fsp3) is 0.500. The maximum atomic E-state index is 11.3. The monoisotopic (exact) mass is 388 g/mol. The maximum absolute atomic E-state index is 11.3. The minimum Gasteiger partial charge on any atom is -0.492 e. The Kier molecular flexibility index (Phi) is 10.6. The summed E-state index contributed by atoms with van der Waals surface area (Å²) in [5, 5.41) is 18.8. The first kappa shape index (κ1) is 22.8. The predicted octanol–water partition coefficient (Wildman–Crippen LogP) is 2.87. The van der Waals surface area contributed by atoms with Crippen LogP contribution in [0.3, 0.4) is 0 Å². The Morgan fingerprint density at radius 2 is 1.21 bits per heavy atom. The molecule has 0 spiro atoms. The van der Waals surface area contributed by atoms with E-state index in [1.54, 1.807) is 26.0 Å². The molecule has 0 aliphatic carbocycles. The molecule has 1 rings (SSSR count). The number of benzene rings is 1. The highest BCUT2D eigenvalue weighted by atomic mass is 16.5. The molecule has 0 N–H and O–H groups in total. The molecule has 1 aromatic rings. The summed E-state index contributed by atoms with van der Waals surface area (Å²) in [6.07, 6.45) is 1.28. The molecule has 8 heteroatoms. The summed E-state index contributed by atoms with van der Waals surface area (Å²) >= 11 is 0. The van der Waals surface area contributed by atoms with Crippen LogP contribution in [0.1, 0.15) is 50.7 Å². The van der Waals surface area contributed by atoms with E-state index in [1.807, 2.05) is 12.1 Å². The van der Waals surface area contributed by atoms with Crippen molar-refractivity contribution < 1.29 is 28.5 Å². The summed E-state index contributed by atoms with van der Waals surface area (Å²) in [6.45, 7) is 4.53. The van der Waals surface area contributed by atoms with Crippen molar-refractivity contribution in [2.24, 2.45) is 0 Å². The molecule has 0 heterocycles. The average Bonchev–Trinajstić information content (AvgIpc) is 2.68. The van der Waals surface area contributed by atoms with Gasteiger partial charge in [0, 0.05) is 12.8 Å². The fourth-order valence-corrected chi connectivity index (χ4v) is 2.29. The van der Waals surface area contributed by atoms with Gasteiger partial charge in [0.05, 0.1) is 26.4 Å². The number of rotatable bonds is 12. The van der Waals surface area contributed by atoms with E-state index in [4.69, 9.17) is 18.9 Å². The number of hydrogen-bond donors (Lipinski definition) is 0. The van der Waals surface area contributed by atoms with E-state index in [0.717, 1.165) is 0 Å². The van der Waals surface area contributed by atoms with Gasteiger partial charge in [-0.1, -0.05) is 0 Å². The molecule has 28 heavy (non-hydrogen) atoms. The van der Waals surface area contributed by atoms with Crippen LogP contribution in [0.4, 0.5) is 0 Å². The molecule has 1 aromatic carbocycles. The van der Waals surface area contributed by atoms with Crippen molar-refractivity contribution in [2.45, 2.75) is 39.5 Å². The van der Waals surface area contributed by atoms with Crippen molar-refractivity contribution in [2.75, 3.05) is 26.4 Å². The van der Waals surface area contributed by atoms with Gasteiger partial charge in [0.2, 0.25) is 0 Å². The van der Waals surface area contributed by atoms with Crippen molar-refractivity contribution in [1.29, 1.82) is 10.5 Å². The molecule has 0 saturated heterocycles. The summed E-state index contributed by atoms with van der Waals surface area (Å²) in [4.78, 5) is 22.6. The molecule has 0 aliphatic rings. The molecular weight excluding hydrogens is 364 g/mol. The van der Waals surface area contributed by atoms with Gasteiger partial charge in [0.1, 0.15) is 34.8 Å². The van der Waals surface area contributed by atoms with E-state index < -0.39 is 0 Å². The predicted molar refractivity (Wildman–Crippen MR) is 98.6 cm³/mol. The highest BCUT2D eigenvalue weighted by Gasteiger charge is 2.16. The zero-order valence-electron chi connectivity index (χ0n) is 16.2. The van der Waals surface area contributed by atoms with Gasteiger partial charge in [-0.15, -0.1) is 0 Å². The van der Waals surface area contributed by atoms with Gasteiger partial charge in [-0.2, -0.15) is 10.5 Å². The number of hydrogen-bond acceptors (Lipinski definition) is 8. The van der Waals surface area contributed by atoms with Crippen molar-refractivity contribution in [1.82, 2.24) is 0 Å². The smallest absolute Gasteiger partial charge is 0.305 e. The standard InChI is InChI=1S/C20H24N2O6/c1-3-25-19(23)7-5-11-27-17-9-10-18(16(14-22)15(17)13-21)28-12-6-8-20(24)26-4-2/h9-10H,3-8,11-12H2,1-2H3. The van der Waals surface area contributed by atoms with E-state index in [1.165, 1.54) is 0 Å². The number of nitrogens with zero attached hydrogens (tertiary/aromatic N) is 2. The first-order chi connectivity index (χ1) is 13.6. The van der Waals surface area contributed by atoms with Crippen LogP contribution in [-0.4, -0.2) is 38.4 Å². The number of nitriles is 2. The molecule has 0 atom stereocenters. The Bertz CT molecular complexity index is 685. The lowest BCUT2D eigenvalue weighted by atomic mass is 10.1. The second kappa shape index (κ2) is 13.0. The van der Waals surface area contributed by atoms with Gasteiger partial charge in [-0.25, -0.2) is 0 Å². The normalized spacial score (nSPS) is 9.71. The summed E-state index contributed by atoms with van der Waals surface area (Å²) in [5.41, 5.74) is 0.142. The average molecular weight is 388 g/mol. The van der Waals surface area contributed by atoms with Gasteiger partial charge in [0.15, 0.2) is 0 Å². The third-order valence-electron chi connectivity index (χ3n) is 3.53. The number of esters is 2. The largest absolute Gasteiger partial charge is 0.492 e. The molecule has 0 unspecified atom stereocenters. The van der Waals surface area contributed by atoms with Crippen LogP contribution >= 0.6 is 0 Å². The van der Waals surface area contributed by atoms with Crippen molar-refractivity contribution in [3.05, 3.63) is 23.3 Å². The van der Waals surface area contributed by atoms with Crippen molar-refractivity contribution in [3.63, 3.8) is 0 Å². The number of carbonyl (C=O) groups excluding carboxylic acids is 2. The summed E-state index contributed by atoms with van der Waals surface area (Å²) in [6, 6.07) is 7.01. The van der Waals surface area contributed by atoms with E-state index in [9.17, 15) is 20.1 Å². The van der Waals surface area contributed by atoms with E-state index >= 15 is 0 Å². The molecule has 0 radical (unpaired) electrons. The Morgan fingerprint density at radius 3 is 1.54 bits per heavy atom. The molecule has 0 bridgehead atoms. The Labute approximate surface area is 164 Å². The second-order valence-corrected chi connectivity index (χ2v) is 5.55. The molecule has 8 nitrogen and oxygen atoms in total. The zero-order chi connectivity index (χ0) is 20.8. The van der Waals surface area contributed by atoms with Crippen LogP contribution < -0.4 is 9.47 Å². The van der Waals surface area contributed by atoms with Gasteiger partial charge in [-0.05, 0) is 38.8 Å². The summed E-state index contributed by atoms with van der Waals surface area (Å²) < 4.78 is 20.7. The van der Waals surface area contributed by atoms with Crippen LogP contribution in [0.15, 0.2) is 12.1 Å². The van der Waals surface area contributed by atoms with E-state index in [2.05, 4.69) is 0 Å². The molecule has 0 amide bonds. The summed E-state index contributed by atoms with van der Waals surface area (Å²) in [7, 11) is 0. The third-order valence-corrected chi connectivity index (χ3v) is 3.53. The molecule has 0 aliphatic heterocycles. The van der Waals surface area contributed by atoms with E-state index in [0.29, 0.717) is 26.1 Å². The fourth-order valence-electron chi connectivity index (χ4n) is 2.29. The third kappa shape index (κ3) is 7.55. The highest BCUT2D eigenvalue weighted by Crippen LogP contribution is 2.30. The quantitative estimate of drug-likeness (QED) is 0.396. The lowest BCUT2D eigenvalue weighted by molar-refractivity contribution is -0.144. The van der Waals surface area contributed by atoms with Gasteiger partial charge in [0.25, 0.3) is 0 Å². The van der Waals surface area contributed by atoms with E-state index in [-0.39, 0.29) is 60.6 Å². The summed E-state index contributed by atoms with van der Waals surface area (Å²) in [5.74, 6) is -0.115. The zero-order valence-corrected chi connectivity index (χ0v) is 16.2. The molecule has 0 saturated carbocycles. The topological polar surface area (TPSA) is 119 Å². The first-order valence-corrected chi connectivity index (χ1v) is 9.11. The first-order valence-electron chi connectivity index (χ1n) is 9.11. The Hall–Kier alpha value is -3.26. The lowest BCUT2D eigenvalue weighted by Gasteiger charge is -2.12. The number of ether oxygens (including phenoxy) is 4. The molecule has 0 aromatic heterocycles. The SMILES string of the molecule is CCOC(=O)CCCOc1ccc(OCCCC(=O)OCC)c(C#N)c1C#N. The van der Waals surface area contributed by atoms with Crippen LogP contribution in [0, 0.1) is 22.7 Å². The lowest BCUT2D eigenvalue weighted by Crippen LogP contribution is -2.08. The Balaban J connectivity index is 2.65. The van der Waals surface area contributed by atoms with Gasteiger partial charge in [-0.3, -0.25) is 9.59 Å².